The van der Waals surface area contributed by atoms with Crippen LogP contribution >= 0.6 is 0 Å². The van der Waals surface area contributed by atoms with Gasteiger partial charge in [-0.25, -0.2) is 0 Å². The number of nitrogens with zero attached hydrogens (tertiary/aromatic N) is 1. The highest BCUT2D eigenvalue weighted by molar-refractivity contribution is 5.37. The van der Waals surface area contributed by atoms with E-state index in [0.717, 1.165) is 30.0 Å². The van der Waals surface area contributed by atoms with E-state index in [4.69, 9.17) is 4.74 Å². The van der Waals surface area contributed by atoms with E-state index in [1.54, 1.807) is 7.11 Å². The third kappa shape index (κ3) is 3.95. The van der Waals surface area contributed by atoms with Crippen LogP contribution in [-0.4, -0.2) is 37.2 Å². The van der Waals surface area contributed by atoms with Gasteiger partial charge in [0, 0.05) is 43.2 Å². The second-order valence-corrected chi connectivity index (χ2v) is 10.5. The molecule has 4 bridgehead atoms. The minimum absolute atomic E-state index is 0.362. The Bertz CT molecular complexity index is 1030. The van der Waals surface area contributed by atoms with Gasteiger partial charge in [-0.05, 0) is 47.8 Å². The third-order valence-electron chi connectivity index (χ3n) is 8.76. The third-order valence-corrected chi connectivity index (χ3v) is 8.76. The summed E-state index contributed by atoms with van der Waals surface area (Å²) in [5, 5.41) is 4.12. The van der Waals surface area contributed by atoms with Gasteiger partial charge in [0.05, 0.1) is 7.11 Å². The number of fused-ring (bicyclic) bond motifs is 1. The summed E-state index contributed by atoms with van der Waals surface area (Å²) < 4.78 is 5.68. The molecule has 7 rings (SSSR count). The van der Waals surface area contributed by atoms with Crippen LogP contribution in [0.2, 0.25) is 0 Å². The molecule has 3 aromatic carbocycles. The molecule has 6 atom stereocenters. The topological polar surface area (TPSA) is 24.5 Å². The molecule has 1 N–H and O–H groups in total. The Kier molecular flexibility index (Phi) is 6.15. The van der Waals surface area contributed by atoms with Crippen LogP contribution in [0.3, 0.4) is 0 Å². The molecule has 0 radical (unpaired) electrons. The van der Waals surface area contributed by atoms with E-state index in [1.807, 2.05) is 0 Å². The Hall–Kier alpha value is -2.62. The molecule has 3 heteroatoms. The zero-order valence-electron chi connectivity index (χ0n) is 20.1. The van der Waals surface area contributed by atoms with Gasteiger partial charge in [-0.15, -0.1) is 0 Å². The van der Waals surface area contributed by atoms with E-state index < -0.39 is 0 Å². The van der Waals surface area contributed by atoms with Gasteiger partial charge in [0.25, 0.3) is 0 Å². The summed E-state index contributed by atoms with van der Waals surface area (Å²) in [4.78, 5) is 2.86. The largest absolute Gasteiger partial charge is 0.496 e. The summed E-state index contributed by atoms with van der Waals surface area (Å²) >= 11 is 0. The molecule has 3 aliphatic heterocycles. The highest BCUT2D eigenvalue weighted by atomic mass is 16.5. The van der Waals surface area contributed by atoms with Crippen LogP contribution in [-0.2, 0) is 6.54 Å². The standard InChI is InChI=1S/C31H36N2O/c1-34-27-18-9-8-15-24(27)19-32-30-28-25-16-10-17-26(28)21-33(20-25)31(30)29(22-11-4-2-5-12-22)23-13-6-3-7-14-23/h2-9,11-15,18,25-26,28-32H,10,16-17,19-21H2,1H3/t25-,26+,28?,30-,31-/m0/s1. The van der Waals surface area contributed by atoms with Gasteiger partial charge >= 0.3 is 0 Å². The fourth-order valence-electron chi connectivity index (χ4n) is 7.46. The monoisotopic (exact) mass is 452 g/mol. The maximum Gasteiger partial charge on any atom is 0.123 e. The van der Waals surface area contributed by atoms with Crippen LogP contribution in [0, 0.1) is 17.8 Å². The Morgan fingerprint density at radius 2 is 1.41 bits per heavy atom. The zero-order valence-corrected chi connectivity index (χ0v) is 20.1. The van der Waals surface area contributed by atoms with Crippen molar-refractivity contribution in [2.24, 2.45) is 17.8 Å². The normalized spacial score (nSPS) is 29.8. The molecule has 1 aliphatic carbocycles. The van der Waals surface area contributed by atoms with Crippen LogP contribution in [0.5, 0.6) is 5.75 Å². The molecule has 0 aromatic heterocycles. The van der Waals surface area contributed by atoms with Gasteiger partial charge in [-0.1, -0.05) is 85.3 Å². The first-order valence-electron chi connectivity index (χ1n) is 13.0. The lowest BCUT2D eigenvalue weighted by Gasteiger charge is -2.62. The van der Waals surface area contributed by atoms with Gasteiger partial charge in [0.1, 0.15) is 5.75 Å². The van der Waals surface area contributed by atoms with Crippen molar-refractivity contribution in [2.45, 2.75) is 43.8 Å². The van der Waals surface area contributed by atoms with Crippen molar-refractivity contribution in [2.75, 3.05) is 20.2 Å². The van der Waals surface area contributed by atoms with Crippen molar-refractivity contribution >= 4 is 0 Å². The highest BCUT2D eigenvalue weighted by Crippen LogP contribution is 2.51. The van der Waals surface area contributed by atoms with E-state index in [1.165, 1.54) is 49.0 Å². The number of methoxy groups -OCH3 is 1. The number of para-hydroxylation sites is 1. The average molecular weight is 453 g/mol. The van der Waals surface area contributed by atoms with Gasteiger partial charge in [0.15, 0.2) is 0 Å². The number of piperidine rings is 3. The molecule has 3 heterocycles. The highest BCUT2D eigenvalue weighted by Gasteiger charge is 2.55. The number of ether oxygens (including phenoxy) is 1. The van der Waals surface area contributed by atoms with Crippen molar-refractivity contribution in [3.8, 4) is 5.75 Å². The second kappa shape index (κ2) is 9.56. The summed E-state index contributed by atoms with van der Waals surface area (Å²) in [6, 6.07) is 31.8. The predicted molar refractivity (Wildman–Crippen MR) is 138 cm³/mol. The number of benzene rings is 3. The van der Waals surface area contributed by atoms with Gasteiger partial charge in [0.2, 0.25) is 0 Å². The Balaban J connectivity index is 1.39. The first kappa shape index (κ1) is 21.9. The lowest BCUT2D eigenvalue weighted by atomic mass is 9.58. The van der Waals surface area contributed by atoms with Crippen molar-refractivity contribution in [3.63, 3.8) is 0 Å². The molecule has 3 nitrogen and oxygen atoms in total. The molecular formula is C31H36N2O. The maximum atomic E-state index is 5.68. The van der Waals surface area contributed by atoms with E-state index >= 15 is 0 Å². The van der Waals surface area contributed by atoms with Gasteiger partial charge in [-0.3, -0.25) is 4.90 Å². The van der Waals surface area contributed by atoms with Crippen molar-refractivity contribution in [3.05, 3.63) is 102 Å². The molecule has 1 saturated carbocycles. The maximum absolute atomic E-state index is 5.68. The van der Waals surface area contributed by atoms with Crippen LogP contribution in [0.1, 0.15) is 41.9 Å². The zero-order chi connectivity index (χ0) is 22.9. The molecule has 0 amide bonds. The summed E-state index contributed by atoms with van der Waals surface area (Å²) in [6.07, 6.45) is 4.18. The lowest BCUT2D eigenvalue weighted by molar-refractivity contribution is -0.0976. The SMILES string of the molecule is COc1ccccc1CN[C@H]1C2[C@@H]3CCC[C@H]2CN(C3)[C@H]1C(c1ccccc1)c1ccccc1. The number of hydrogen-bond donors (Lipinski definition) is 1. The summed E-state index contributed by atoms with van der Waals surface area (Å²) in [5.74, 6) is 3.75. The quantitative estimate of drug-likeness (QED) is 0.496. The Labute approximate surface area is 204 Å². The van der Waals surface area contributed by atoms with Crippen molar-refractivity contribution in [1.82, 2.24) is 10.2 Å². The summed E-state index contributed by atoms with van der Waals surface area (Å²) in [5.41, 5.74) is 4.11. The lowest BCUT2D eigenvalue weighted by Crippen LogP contribution is -2.71. The fraction of sp³-hybridized carbons (Fsp3) is 0.419. The minimum Gasteiger partial charge on any atom is -0.496 e. The summed E-state index contributed by atoms with van der Waals surface area (Å²) in [6.45, 7) is 3.37. The molecule has 3 aromatic rings. The van der Waals surface area contributed by atoms with Crippen molar-refractivity contribution in [1.29, 1.82) is 0 Å². The molecule has 176 valence electrons. The second-order valence-electron chi connectivity index (χ2n) is 10.5. The van der Waals surface area contributed by atoms with Crippen LogP contribution < -0.4 is 10.1 Å². The predicted octanol–water partition coefficient (Wildman–Crippen LogP) is 5.72. The molecule has 4 fully saturated rings. The van der Waals surface area contributed by atoms with Crippen LogP contribution in [0.25, 0.3) is 0 Å². The first-order chi connectivity index (χ1) is 16.8. The van der Waals surface area contributed by atoms with Gasteiger partial charge in [-0.2, -0.15) is 0 Å². The average Bonchev–Trinajstić information content (AvgIpc) is 2.89. The molecule has 0 spiro atoms. The fourth-order valence-corrected chi connectivity index (χ4v) is 7.46. The van der Waals surface area contributed by atoms with Crippen LogP contribution in [0.15, 0.2) is 84.9 Å². The van der Waals surface area contributed by atoms with E-state index in [9.17, 15) is 0 Å². The van der Waals surface area contributed by atoms with E-state index in [2.05, 4.69) is 95.1 Å². The van der Waals surface area contributed by atoms with E-state index in [-0.39, 0.29) is 0 Å². The Morgan fingerprint density at radius 1 is 0.824 bits per heavy atom. The Morgan fingerprint density at radius 3 is 2.03 bits per heavy atom. The smallest absolute Gasteiger partial charge is 0.123 e. The van der Waals surface area contributed by atoms with E-state index in [0.29, 0.717) is 18.0 Å². The van der Waals surface area contributed by atoms with Crippen LogP contribution in [0.4, 0.5) is 0 Å². The number of hydrogen-bond acceptors (Lipinski definition) is 3. The number of nitrogens with one attached hydrogen (secondary N) is 1. The molecular weight excluding hydrogens is 416 g/mol. The first-order valence-corrected chi connectivity index (χ1v) is 13.0. The van der Waals surface area contributed by atoms with Gasteiger partial charge < -0.3 is 10.1 Å². The number of rotatable bonds is 7. The van der Waals surface area contributed by atoms with Crippen molar-refractivity contribution < 1.29 is 4.74 Å². The molecule has 2 unspecified atom stereocenters. The molecule has 3 saturated heterocycles. The molecule has 4 aliphatic rings. The minimum atomic E-state index is 0.362. The summed E-state index contributed by atoms with van der Waals surface area (Å²) in [7, 11) is 1.78. The molecule has 34 heavy (non-hydrogen) atoms.